The van der Waals surface area contributed by atoms with Gasteiger partial charge in [-0.1, -0.05) is 12.8 Å². The number of hydrogen-bond acceptors (Lipinski definition) is 3. The molecule has 4 rings (SSSR count). The first-order valence-electron chi connectivity index (χ1n) is 8.62. The van der Waals surface area contributed by atoms with E-state index in [0.29, 0.717) is 12.5 Å². The number of carbonyl (C=O) groups is 1. The third-order valence-corrected chi connectivity index (χ3v) is 6.02. The van der Waals surface area contributed by atoms with E-state index in [0.717, 1.165) is 12.3 Å². The van der Waals surface area contributed by atoms with Crippen LogP contribution in [0.1, 0.15) is 57.4 Å². The Labute approximate surface area is 132 Å². The summed E-state index contributed by atoms with van der Waals surface area (Å²) < 4.78 is 0. The Bertz CT molecular complexity index is 609. The molecule has 0 amide bonds. The normalized spacial score (nSPS) is 34.7. The molecule has 1 aromatic rings. The summed E-state index contributed by atoms with van der Waals surface area (Å²) in [5, 5.41) is 0. The van der Waals surface area contributed by atoms with Crippen LogP contribution in [0.25, 0.3) is 0 Å². The van der Waals surface area contributed by atoms with Crippen molar-refractivity contribution in [1.29, 1.82) is 0 Å². The molecule has 1 aliphatic carbocycles. The Balaban J connectivity index is 1.83. The number of carbonyl (C=O) groups excluding carboxylic acids is 1. The molecule has 3 aliphatic rings. The molecule has 0 spiro atoms. The zero-order chi connectivity index (χ0) is 15.2. The maximum atomic E-state index is 12.3. The Hall–Kier alpha value is -1.64. The number of aromatic nitrogens is 1. The highest BCUT2D eigenvalue weighted by molar-refractivity contribution is 5.92. The molecule has 3 atom stereocenters. The van der Waals surface area contributed by atoms with E-state index < -0.39 is 0 Å². The van der Waals surface area contributed by atoms with Crippen LogP contribution in [-0.4, -0.2) is 21.7 Å². The van der Waals surface area contributed by atoms with Crippen LogP contribution in [0.3, 0.4) is 0 Å². The third-order valence-electron chi connectivity index (χ3n) is 6.02. The Morgan fingerprint density at radius 2 is 1.95 bits per heavy atom. The van der Waals surface area contributed by atoms with Crippen molar-refractivity contribution in [2.75, 3.05) is 0 Å². The second kappa shape index (κ2) is 5.22. The fourth-order valence-electron chi connectivity index (χ4n) is 5.19. The molecular formula is C19H24N2O. The lowest BCUT2D eigenvalue weighted by Crippen LogP contribution is -2.59. The van der Waals surface area contributed by atoms with E-state index in [1.54, 1.807) is 0 Å². The summed E-state index contributed by atoms with van der Waals surface area (Å²) in [6, 6.07) is 4.84. The number of nitrogens with zero attached hydrogens (tertiary/aromatic N) is 2. The molecule has 3 heterocycles. The molecule has 0 N–H and O–H groups in total. The highest BCUT2D eigenvalue weighted by Crippen LogP contribution is 2.52. The van der Waals surface area contributed by atoms with Gasteiger partial charge < -0.3 is 4.90 Å². The Morgan fingerprint density at radius 3 is 2.77 bits per heavy atom. The molecule has 0 aromatic carbocycles. The number of hydrogen-bond donors (Lipinski definition) is 0. The van der Waals surface area contributed by atoms with Crippen molar-refractivity contribution < 1.29 is 4.79 Å². The maximum Gasteiger partial charge on any atom is 0.160 e. The number of rotatable bonds is 1. The van der Waals surface area contributed by atoms with Gasteiger partial charge in [-0.25, -0.2) is 0 Å². The summed E-state index contributed by atoms with van der Waals surface area (Å²) in [4.78, 5) is 19.1. The first-order valence-corrected chi connectivity index (χ1v) is 8.62. The van der Waals surface area contributed by atoms with Crippen molar-refractivity contribution in [3.05, 3.63) is 41.9 Å². The van der Waals surface area contributed by atoms with Crippen molar-refractivity contribution in [3.63, 3.8) is 0 Å². The molecule has 3 unspecified atom stereocenters. The van der Waals surface area contributed by atoms with Gasteiger partial charge in [-0.2, -0.15) is 0 Å². The van der Waals surface area contributed by atoms with Crippen LogP contribution in [0.15, 0.2) is 36.3 Å². The fourth-order valence-corrected chi connectivity index (χ4v) is 5.19. The van der Waals surface area contributed by atoms with Crippen LogP contribution < -0.4 is 0 Å². The Morgan fingerprint density at radius 1 is 1.18 bits per heavy atom. The summed E-state index contributed by atoms with van der Waals surface area (Å²) in [5.41, 5.74) is 2.31. The van der Waals surface area contributed by atoms with E-state index in [1.807, 2.05) is 18.5 Å². The van der Waals surface area contributed by atoms with Gasteiger partial charge in [0.1, 0.15) is 0 Å². The van der Waals surface area contributed by atoms with Crippen LogP contribution in [-0.2, 0) is 10.3 Å². The van der Waals surface area contributed by atoms with Gasteiger partial charge >= 0.3 is 0 Å². The molecule has 0 radical (unpaired) electrons. The van der Waals surface area contributed by atoms with E-state index in [4.69, 9.17) is 0 Å². The van der Waals surface area contributed by atoms with Crippen molar-refractivity contribution in [2.24, 2.45) is 5.92 Å². The van der Waals surface area contributed by atoms with Gasteiger partial charge in [0.15, 0.2) is 5.78 Å². The van der Waals surface area contributed by atoms with Crippen molar-refractivity contribution in [3.8, 4) is 0 Å². The smallest absolute Gasteiger partial charge is 0.160 e. The van der Waals surface area contributed by atoms with Gasteiger partial charge in [-0.05, 0) is 56.2 Å². The molecule has 1 saturated heterocycles. The molecule has 2 fully saturated rings. The molecule has 0 bridgehead atoms. The maximum absolute atomic E-state index is 12.3. The zero-order valence-electron chi connectivity index (χ0n) is 13.3. The molecule has 116 valence electrons. The molecule has 2 aliphatic heterocycles. The summed E-state index contributed by atoms with van der Waals surface area (Å²) in [6.07, 6.45) is 13.9. The largest absolute Gasteiger partial charge is 0.361 e. The number of piperidine rings is 1. The summed E-state index contributed by atoms with van der Waals surface area (Å²) in [6.45, 7) is 2.13. The van der Waals surface area contributed by atoms with Gasteiger partial charge in [-0.3, -0.25) is 9.78 Å². The average molecular weight is 296 g/mol. The second-order valence-corrected chi connectivity index (χ2v) is 7.22. The topological polar surface area (TPSA) is 33.2 Å². The number of ketones is 1. The molecule has 3 heteroatoms. The van der Waals surface area contributed by atoms with Gasteiger partial charge in [0.25, 0.3) is 0 Å². The lowest BCUT2D eigenvalue weighted by atomic mass is 9.66. The third kappa shape index (κ3) is 2.02. The van der Waals surface area contributed by atoms with E-state index >= 15 is 0 Å². The zero-order valence-corrected chi connectivity index (χ0v) is 13.3. The minimum atomic E-state index is -0.128. The van der Waals surface area contributed by atoms with Crippen molar-refractivity contribution >= 4 is 5.78 Å². The van der Waals surface area contributed by atoms with Gasteiger partial charge in [0, 0.05) is 36.6 Å². The quantitative estimate of drug-likeness (QED) is 0.790. The first-order chi connectivity index (χ1) is 10.7. The monoisotopic (exact) mass is 296 g/mol. The fraction of sp³-hybridized carbons (Fsp3) is 0.579. The summed E-state index contributed by atoms with van der Waals surface area (Å²) in [7, 11) is 0. The van der Waals surface area contributed by atoms with Crippen molar-refractivity contribution in [1.82, 2.24) is 9.88 Å². The van der Waals surface area contributed by atoms with E-state index in [2.05, 4.69) is 28.9 Å². The SMILES string of the molecule is CC1=CC(=O)CC2(c3ccncc3)CCC3CCCCC3N12. The molecule has 1 aromatic heterocycles. The predicted molar refractivity (Wildman–Crippen MR) is 86.1 cm³/mol. The number of allylic oxidation sites excluding steroid dienone is 2. The Kier molecular flexibility index (Phi) is 3.32. The molecular weight excluding hydrogens is 272 g/mol. The minimum absolute atomic E-state index is 0.128. The van der Waals surface area contributed by atoms with E-state index in [9.17, 15) is 4.79 Å². The summed E-state index contributed by atoms with van der Waals surface area (Å²) >= 11 is 0. The average Bonchev–Trinajstić information content (AvgIpc) is 2.55. The van der Waals surface area contributed by atoms with Crippen LogP contribution in [0, 0.1) is 5.92 Å². The van der Waals surface area contributed by atoms with E-state index in [1.165, 1.54) is 43.4 Å². The molecule has 1 saturated carbocycles. The standard InChI is InChI=1S/C19H24N2O/c1-14-12-17(22)13-19(16-7-10-20-11-8-16)9-6-15-4-2-3-5-18(15)21(14)19/h7-8,10-12,15,18H,2-6,9,13H2,1H3. The van der Waals surface area contributed by atoms with E-state index in [-0.39, 0.29) is 11.3 Å². The van der Waals surface area contributed by atoms with Gasteiger partial charge in [-0.15, -0.1) is 0 Å². The minimum Gasteiger partial charge on any atom is -0.361 e. The van der Waals surface area contributed by atoms with Crippen LogP contribution >= 0.6 is 0 Å². The molecule has 3 nitrogen and oxygen atoms in total. The second-order valence-electron chi connectivity index (χ2n) is 7.22. The number of pyridine rings is 1. The highest BCUT2D eigenvalue weighted by Gasteiger charge is 2.51. The number of fused-ring (bicyclic) bond motifs is 3. The first kappa shape index (κ1) is 14.0. The molecule has 22 heavy (non-hydrogen) atoms. The lowest BCUT2D eigenvalue weighted by Gasteiger charge is -2.58. The lowest BCUT2D eigenvalue weighted by molar-refractivity contribution is -0.123. The highest BCUT2D eigenvalue weighted by atomic mass is 16.1. The summed E-state index contributed by atoms with van der Waals surface area (Å²) in [5.74, 6) is 1.08. The van der Waals surface area contributed by atoms with Gasteiger partial charge in [0.05, 0.1) is 5.54 Å². The van der Waals surface area contributed by atoms with Crippen LogP contribution in [0.4, 0.5) is 0 Å². The van der Waals surface area contributed by atoms with Crippen LogP contribution in [0.5, 0.6) is 0 Å². The predicted octanol–water partition coefficient (Wildman–Crippen LogP) is 3.81. The van der Waals surface area contributed by atoms with Gasteiger partial charge in [0.2, 0.25) is 0 Å². The van der Waals surface area contributed by atoms with Crippen molar-refractivity contribution in [2.45, 2.75) is 63.5 Å². The van der Waals surface area contributed by atoms with Crippen LogP contribution in [0.2, 0.25) is 0 Å².